The van der Waals surface area contributed by atoms with Crippen molar-refractivity contribution in [3.63, 3.8) is 0 Å². The summed E-state index contributed by atoms with van der Waals surface area (Å²) in [7, 11) is 4.01. The lowest BCUT2D eigenvalue weighted by Crippen LogP contribution is -2.44. The Morgan fingerprint density at radius 2 is 2.17 bits per heavy atom. The SMILES string of the molecule is CN(C)CCNC(=O)C1CCCN(c2cnc3nccnc3c2)C1. The summed E-state index contributed by atoms with van der Waals surface area (Å²) in [5.41, 5.74) is 2.44. The van der Waals surface area contributed by atoms with E-state index in [-0.39, 0.29) is 11.8 Å². The molecule has 1 fully saturated rings. The van der Waals surface area contributed by atoms with Crippen molar-refractivity contribution in [1.29, 1.82) is 0 Å². The third-order valence-electron chi connectivity index (χ3n) is 4.33. The summed E-state index contributed by atoms with van der Waals surface area (Å²) < 4.78 is 0. The molecule has 24 heavy (non-hydrogen) atoms. The second kappa shape index (κ2) is 7.53. The Balaban J connectivity index is 1.64. The molecule has 1 amide bonds. The van der Waals surface area contributed by atoms with Crippen LogP contribution in [-0.2, 0) is 4.79 Å². The van der Waals surface area contributed by atoms with E-state index in [1.807, 2.05) is 26.4 Å². The minimum absolute atomic E-state index is 0.0264. The van der Waals surface area contributed by atoms with E-state index in [0.717, 1.165) is 43.7 Å². The monoisotopic (exact) mass is 328 g/mol. The fourth-order valence-electron chi connectivity index (χ4n) is 2.99. The number of aromatic nitrogens is 3. The summed E-state index contributed by atoms with van der Waals surface area (Å²) in [6.07, 6.45) is 7.08. The zero-order valence-electron chi connectivity index (χ0n) is 14.3. The van der Waals surface area contributed by atoms with Gasteiger partial charge in [0, 0.05) is 38.6 Å². The van der Waals surface area contributed by atoms with Gasteiger partial charge in [0.15, 0.2) is 5.65 Å². The molecule has 1 unspecified atom stereocenters. The minimum atomic E-state index is 0.0264. The molecule has 7 nitrogen and oxygen atoms in total. The summed E-state index contributed by atoms with van der Waals surface area (Å²) in [6, 6.07) is 2.00. The molecule has 7 heteroatoms. The Hall–Kier alpha value is -2.28. The highest BCUT2D eigenvalue weighted by molar-refractivity contribution is 5.80. The lowest BCUT2D eigenvalue weighted by atomic mass is 9.96. The molecule has 3 rings (SSSR count). The van der Waals surface area contributed by atoms with Crippen LogP contribution in [-0.4, -0.2) is 66.0 Å². The molecule has 0 saturated carbocycles. The number of amides is 1. The van der Waals surface area contributed by atoms with E-state index in [2.05, 4.69) is 30.1 Å². The van der Waals surface area contributed by atoms with Gasteiger partial charge in [-0.25, -0.2) is 9.97 Å². The van der Waals surface area contributed by atoms with E-state index in [4.69, 9.17) is 0 Å². The van der Waals surface area contributed by atoms with Crippen LogP contribution in [0.5, 0.6) is 0 Å². The summed E-state index contributed by atoms with van der Waals surface area (Å²) >= 11 is 0. The van der Waals surface area contributed by atoms with Crippen LogP contribution in [0.2, 0.25) is 0 Å². The minimum Gasteiger partial charge on any atom is -0.369 e. The van der Waals surface area contributed by atoms with Crippen molar-refractivity contribution >= 4 is 22.8 Å². The molecule has 0 aliphatic carbocycles. The van der Waals surface area contributed by atoms with Crippen molar-refractivity contribution in [2.24, 2.45) is 5.92 Å². The maximum atomic E-state index is 12.4. The Kier molecular flexibility index (Phi) is 5.20. The predicted molar refractivity (Wildman–Crippen MR) is 93.8 cm³/mol. The number of anilines is 1. The molecule has 0 radical (unpaired) electrons. The molecule has 2 aromatic rings. The largest absolute Gasteiger partial charge is 0.369 e. The number of carbonyl (C=O) groups excluding carboxylic acids is 1. The summed E-state index contributed by atoms with van der Waals surface area (Å²) in [4.78, 5) is 29.5. The van der Waals surface area contributed by atoms with Crippen molar-refractivity contribution in [2.75, 3.05) is 45.2 Å². The van der Waals surface area contributed by atoms with E-state index in [0.29, 0.717) is 12.2 Å². The highest BCUT2D eigenvalue weighted by Crippen LogP contribution is 2.24. The Bertz CT molecular complexity index is 704. The van der Waals surface area contributed by atoms with E-state index < -0.39 is 0 Å². The van der Waals surface area contributed by atoms with E-state index in [1.165, 1.54) is 0 Å². The van der Waals surface area contributed by atoms with Gasteiger partial charge in [-0.05, 0) is 33.0 Å². The van der Waals surface area contributed by atoms with Gasteiger partial charge in [0.05, 0.1) is 17.8 Å². The molecule has 1 aliphatic heterocycles. The zero-order chi connectivity index (χ0) is 16.9. The van der Waals surface area contributed by atoms with Crippen molar-refractivity contribution in [1.82, 2.24) is 25.2 Å². The van der Waals surface area contributed by atoms with Crippen LogP contribution in [0.4, 0.5) is 5.69 Å². The van der Waals surface area contributed by atoms with Crippen molar-refractivity contribution in [3.8, 4) is 0 Å². The van der Waals surface area contributed by atoms with Gasteiger partial charge in [0.25, 0.3) is 0 Å². The number of nitrogens with zero attached hydrogens (tertiary/aromatic N) is 5. The van der Waals surface area contributed by atoms with Gasteiger partial charge in [0.2, 0.25) is 5.91 Å². The molecule has 0 aromatic carbocycles. The number of pyridine rings is 1. The first-order valence-electron chi connectivity index (χ1n) is 8.37. The first-order chi connectivity index (χ1) is 11.6. The quantitative estimate of drug-likeness (QED) is 0.880. The number of hydrogen-bond donors (Lipinski definition) is 1. The Labute approximate surface area is 142 Å². The number of fused-ring (bicyclic) bond motifs is 1. The Morgan fingerprint density at radius 3 is 3.00 bits per heavy atom. The highest BCUT2D eigenvalue weighted by atomic mass is 16.1. The van der Waals surface area contributed by atoms with Gasteiger partial charge in [0.1, 0.15) is 5.52 Å². The first-order valence-corrected chi connectivity index (χ1v) is 8.37. The van der Waals surface area contributed by atoms with Gasteiger partial charge in [-0.15, -0.1) is 0 Å². The second-order valence-electron chi connectivity index (χ2n) is 6.47. The first kappa shape index (κ1) is 16.6. The van der Waals surface area contributed by atoms with Crippen LogP contribution >= 0.6 is 0 Å². The normalized spacial score (nSPS) is 18.1. The number of carbonyl (C=O) groups is 1. The third-order valence-corrected chi connectivity index (χ3v) is 4.33. The summed E-state index contributed by atoms with van der Waals surface area (Å²) in [5, 5.41) is 3.04. The number of hydrogen-bond acceptors (Lipinski definition) is 6. The topological polar surface area (TPSA) is 74.2 Å². The average Bonchev–Trinajstić information content (AvgIpc) is 2.61. The van der Waals surface area contributed by atoms with Crippen molar-refractivity contribution in [2.45, 2.75) is 12.8 Å². The van der Waals surface area contributed by atoms with Gasteiger partial charge >= 0.3 is 0 Å². The maximum absolute atomic E-state index is 12.4. The van der Waals surface area contributed by atoms with E-state index >= 15 is 0 Å². The molecule has 128 valence electrons. The van der Waals surface area contributed by atoms with E-state index in [1.54, 1.807) is 12.4 Å². The van der Waals surface area contributed by atoms with Crippen LogP contribution in [0.15, 0.2) is 24.7 Å². The number of rotatable bonds is 5. The van der Waals surface area contributed by atoms with Gasteiger partial charge in [-0.2, -0.15) is 0 Å². The molecule has 0 spiro atoms. The van der Waals surface area contributed by atoms with Crippen LogP contribution in [0, 0.1) is 5.92 Å². The lowest BCUT2D eigenvalue weighted by Gasteiger charge is -2.33. The fraction of sp³-hybridized carbons (Fsp3) is 0.529. The van der Waals surface area contributed by atoms with Crippen LogP contribution in [0.1, 0.15) is 12.8 Å². The van der Waals surface area contributed by atoms with Gasteiger partial charge in [-0.3, -0.25) is 9.78 Å². The molecule has 0 bridgehead atoms. The molecule has 3 heterocycles. The second-order valence-corrected chi connectivity index (χ2v) is 6.47. The van der Waals surface area contributed by atoms with Crippen molar-refractivity contribution < 1.29 is 4.79 Å². The standard InChI is InChI=1S/C17H24N6O/c1-22(2)9-7-20-17(24)13-4-3-8-23(12-13)14-10-15-16(21-11-14)19-6-5-18-15/h5-6,10-11,13H,3-4,7-9,12H2,1-2H3,(H,20,24). The predicted octanol–water partition coefficient (Wildman–Crippen LogP) is 0.919. The number of nitrogens with one attached hydrogen (secondary N) is 1. The maximum Gasteiger partial charge on any atom is 0.224 e. The van der Waals surface area contributed by atoms with Crippen LogP contribution < -0.4 is 10.2 Å². The Morgan fingerprint density at radius 1 is 1.33 bits per heavy atom. The average molecular weight is 328 g/mol. The van der Waals surface area contributed by atoms with E-state index in [9.17, 15) is 4.79 Å². The molecule has 1 atom stereocenters. The molecule has 1 aliphatic rings. The molecule has 1 saturated heterocycles. The van der Waals surface area contributed by atoms with Crippen molar-refractivity contribution in [3.05, 3.63) is 24.7 Å². The molecular formula is C17H24N6O. The molecule has 2 aromatic heterocycles. The van der Waals surface area contributed by atoms with Gasteiger partial charge < -0.3 is 15.1 Å². The number of likely N-dealkylation sites (N-methyl/N-ethyl adjacent to an activating group) is 1. The molecular weight excluding hydrogens is 304 g/mol. The summed E-state index contributed by atoms with van der Waals surface area (Å²) in [5.74, 6) is 0.175. The van der Waals surface area contributed by atoms with Crippen LogP contribution in [0.25, 0.3) is 11.2 Å². The lowest BCUT2D eigenvalue weighted by molar-refractivity contribution is -0.125. The van der Waals surface area contributed by atoms with Crippen LogP contribution in [0.3, 0.4) is 0 Å². The zero-order valence-corrected chi connectivity index (χ0v) is 14.3. The summed E-state index contributed by atoms with van der Waals surface area (Å²) in [6.45, 7) is 3.21. The number of piperidine rings is 1. The third kappa shape index (κ3) is 3.97. The molecule has 1 N–H and O–H groups in total. The smallest absolute Gasteiger partial charge is 0.224 e. The fourth-order valence-corrected chi connectivity index (χ4v) is 2.99. The highest BCUT2D eigenvalue weighted by Gasteiger charge is 2.26. The van der Waals surface area contributed by atoms with Gasteiger partial charge in [-0.1, -0.05) is 0 Å².